The van der Waals surface area contributed by atoms with Crippen LogP contribution in [-0.2, 0) is 16.0 Å². The van der Waals surface area contributed by atoms with Gasteiger partial charge in [-0.05, 0) is 23.3 Å². The average Bonchev–Trinajstić information content (AvgIpc) is 2.95. The monoisotopic (exact) mass is 326 g/mol. The van der Waals surface area contributed by atoms with E-state index >= 15 is 0 Å². The Labute approximate surface area is 136 Å². The standard InChI is InChI=1S/C17H14N2O3S/c20-15(18-10-17(21)22)9-16-19-13-8-12(6-7-14(13)23-16)11-4-2-1-3-5-11/h1-8H,9-10H2,(H,18,20)(H,21,22). The summed E-state index contributed by atoms with van der Waals surface area (Å²) >= 11 is 1.44. The maximum Gasteiger partial charge on any atom is 0.322 e. The van der Waals surface area contributed by atoms with Gasteiger partial charge in [0.2, 0.25) is 5.91 Å². The molecule has 0 atom stereocenters. The number of amides is 1. The number of benzene rings is 2. The van der Waals surface area contributed by atoms with Crippen LogP contribution in [0.1, 0.15) is 5.01 Å². The molecular formula is C17H14N2O3S. The van der Waals surface area contributed by atoms with Gasteiger partial charge in [0, 0.05) is 0 Å². The molecule has 3 aromatic rings. The summed E-state index contributed by atoms with van der Waals surface area (Å²) in [4.78, 5) is 26.6. The van der Waals surface area contributed by atoms with Crippen molar-refractivity contribution in [3.8, 4) is 11.1 Å². The molecule has 116 valence electrons. The lowest BCUT2D eigenvalue weighted by atomic mass is 10.1. The highest BCUT2D eigenvalue weighted by Gasteiger charge is 2.10. The van der Waals surface area contributed by atoms with Crippen molar-refractivity contribution in [2.45, 2.75) is 6.42 Å². The maximum absolute atomic E-state index is 11.7. The quantitative estimate of drug-likeness (QED) is 0.755. The molecule has 1 amide bonds. The average molecular weight is 326 g/mol. The van der Waals surface area contributed by atoms with Crippen molar-refractivity contribution in [3.05, 3.63) is 53.5 Å². The van der Waals surface area contributed by atoms with Gasteiger partial charge in [0.05, 0.1) is 16.6 Å². The fraction of sp³-hybridized carbons (Fsp3) is 0.118. The first-order valence-electron chi connectivity index (χ1n) is 7.05. The minimum atomic E-state index is -1.06. The fourth-order valence-electron chi connectivity index (χ4n) is 2.23. The number of carboxylic acid groups (broad SMARTS) is 1. The van der Waals surface area contributed by atoms with Crippen LogP contribution in [0.3, 0.4) is 0 Å². The Morgan fingerprint density at radius 3 is 2.61 bits per heavy atom. The van der Waals surface area contributed by atoms with Crippen molar-refractivity contribution < 1.29 is 14.7 Å². The summed E-state index contributed by atoms with van der Waals surface area (Å²) in [5, 5.41) is 11.6. The topological polar surface area (TPSA) is 79.3 Å². The molecule has 23 heavy (non-hydrogen) atoms. The molecule has 1 heterocycles. The van der Waals surface area contributed by atoms with E-state index in [1.807, 2.05) is 48.5 Å². The molecule has 0 unspecified atom stereocenters. The molecule has 5 nitrogen and oxygen atoms in total. The van der Waals surface area contributed by atoms with Crippen LogP contribution in [0, 0.1) is 0 Å². The third-order valence-electron chi connectivity index (χ3n) is 3.29. The molecule has 0 radical (unpaired) electrons. The van der Waals surface area contributed by atoms with E-state index in [0.717, 1.165) is 21.3 Å². The molecule has 0 spiro atoms. The number of hydrogen-bond donors (Lipinski definition) is 2. The van der Waals surface area contributed by atoms with Crippen LogP contribution in [0.2, 0.25) is 0 Å². The Morgan fingerprint density at radius 1 is 1.09 bits per heavy atom. The summed E-state index contributed by atoms with van der Waals surface area (Å²) in [5.41, 5.74) is 3.03. The van der Waals surface area contributed by atoms with Gasteiger partial charge >= 0.3 is 5.97 Å². The third-order valence-corrected chi connectivity index (χ3v) is 4.32. The number of nitrogens with one attached hydrogen (secondary N) is 1. The van der Waals surface area contributed by atoms with E-state index in [0.29, 0.717) is 5.01 Å². The normalized spacial score (nSPS) is 10.6. The zero-order valence-corrected chi connectivity index (χ0v) is 13.0. The minimum Gasteiger partial charge on any atom is -0.480 e. The first-order valence-corrected chi connectivity index (χ1v) is 7.87. The highest BCUT2D eigenvalue weighted by Crippen LogP contribution is 2.28. The number of carbonyl (C=O) groups excluding carboxylic acids is 1. The van der Waals surface area contributed by atoms with Gasteiger partial charge in [0.15, 0.2) is 0 Å². The summed E-state index contributed by atoms with van der Waals surface area (Å²) in [6.45, 7) is -0.373. The molecule has 0 bridgehead atoms. The van der Waals surface area contributed by atoms with E-state index in [4.69, 9.17) is 5.11 Å². The molecule has 0 saturated carbocycles. The van der Waals surface area contributed by atoms with Crippen molar-refractivity contribution in [1.82, 2.24) is 10.3 Å². The van der Waals surface area contributed by atoms with Crippen LogP contribution in [0.5, 0.6) is 0 Å². The molecule has 0 aliphatic rings. The minimum absolute atomic E-state index is 0.0906. The van der Waals surface area contributed by atoms with Crippen LogP contribution >= 0.6 is 11.3 Å². The van der Waals surface area contributed by atoms with Crippen molar-refractivity contribution in [1.29, 1.82) is 0 Å². The van der Waals surface area contributed by atoms with Crippen molar-refractivity contribution in [2.75, 3.05) is 6.54 Å². The van der Waals surface area contributed by atoms with E-state index in [-0.39, 0.29) is 18.9 Å². The largest absolute Gasteiger partial charge is 0.480 e. The molecule has 0 aliphatic heterocycles. The van der Waals surface area contributed by atoms with Gasteiger partial charge < -0.3 is 10.4 Å². The molecule has 1 aromatic heterocycles. The lowest BCUT2D eigenvalue weighted by Crippen LogP contribution is -2.30. The van der Waals surface area contributed by atoms with E-state index in [2.05, 4.69) is 10.3 Å². The summed E-state index contributed by atoms with van der Waals surface area (Å²) in [6, 6.07) is 16.0. The zero-order valence-electron chi connectivity index (χ0n) is 12.2. The van der Waals surface area contributed by atoms with E-state index in [1.165, 1.54) is 11.3 Å². The van der Waals surface area contributed by atoms with Gasteiger partial charge in [-0.2, -0.15) is 0 Å². The number of rotatable bonds is 5. The van der Waals surface area contributed by atoms with Crippen LogP contribution in [-0.4, -0.2) is 28.5 Å². The molecular weight excluding hydrogens is 312 g/mol. The Morgan fingerprint density at radius 2 is 1.87 bits per heavy atom. The molecule has 0 saturated heterocycles. The first kappa shape index (κ1) is 15.2. The number of aliphatic carboxylic acids is 1. The second-order valence-electron chi connectivity index (χ2n) is 5.00. The van der Waals surface area contributed by atoms with Crippen LogP contribution in [0.15, 0.2) is 48.5 Å². The maximum atomic E-state index is 11.7. The number of fused-ring (bicyclic) bond motifs is 1. The predicted molar refractivity (Wildman–Crippen MR) is 89.4 cm³/mol. The van der Waals surface area contributed by atoms with Crippen molar-refractivity contribution in [3.63, 3.8) is 0 Å². The van der Waals surface area contributed by atoms with Crippen molar-refractivity contribution >= 4 is 33.4 Å². The lowest BCUT2D eigenvalue weighted by Gasteiger charge is -2.00. The highest BCUT2D eigenvalue weighted by molar-refractivity contribution is 7.18. The molecule has 2 aromatic carbocycles. The summed E-state index contributed by atoms with van der Waals surface area (Å²) in [6.07, 6.45) is 0.0906. The second kappa shape index (κ2) is 6.58. The molecule has 0 fully saturated rings. The summed E-state index contributed by atoms with van der Waals surface area (Å²) < 4.78 is 1.01. The van der Waals surface area contributed by atoms with Crippen LogP contribution in [0.25, 0.3) is 21.3 Å². The number of carbonyl (C=O) groups is 2. The zero-order chi connectivity index (χ0) is 16.2. The number of nitrogens with zero attached hydrogens (tertiary/aromatic N) is 1. The van der Waals surface area contributed by atoms with E-state index in [1.54, 1.807) is 0 Å². The van der Waals surface area contributed by atoms with E-state index in [9.17, 15) is 9.59 Å². The number of thiazole rings is 1. The van der Waals surface area contributed by atoms with Gasteiger partial charge in [-0.25, -0.2) is 4.98 Å². The number of aromatic nitrogens is 1. The van der Waals surface area contributed by atoms with Gasteiger partial charge in [0.25, 0.3) is 0 Å². The van der Waals surface area contributed by atoms with Gasteiger partial charge in [-0.3, -0.25) is 9.59 Å². The second-order valence-corrected chi connectivity index (χ2v) is 6.12. The van der Waals surface area contributed by atoms with Crippen LogP contribution < -0.4 is 5.32 Å². The van der Waals surface area contributed by atoms with Crippen LogP contribution in [0.4, 0.5) is 0 Å². The number of hydrogen-bond acceptors (Lipinski definition) is 4. The highest BCUT2D eigenvalue weighted by atomic mass is 32.1. The van der Waals surface area contributed by atoms with Crippen molar-refractivity contribution in [2.24, 2.45) is 0 Å². The van der Waals surface area contributed by atoms with Gasteiger partial charge in [-0.15, -0.1) is 11.3 Å². The Balaban J connectivity index is 1.79. The first-order chi connectivity index (χ1) is 11.1. The number of carboxylic acids is 1. The Bertz CT molecular complexity index is 859. The van der Waals surface area contributed by atoms with E-state index < -0.39 is 5.97 Å². The predicted octanol–water partition coefficient (Wildman–Crippen LogP) is 2.71. The molecule has 2 N–H and O–H groups in total. The third kappa shape index (κ3) is 3.73. The Hall–Kier alpha value is -2.73. The fourth-order valence-corrected chi connectivity index (χ4v) is 3.18. The van der Waals surface area contributed by atoms with Gasteiger partial charge in [0.1, 0.15) is 11.6 Å². The lowest BCUT2D eigenvalue weighted by molar-refractivity contribution is -0.137. The summed E-state index contributed by atoms with van der Waals surface area (Å²) in [7, 11) is 0. The SMILES string of the molecule is O=C(O)CNC(=O)Cc1nc2cc(-c3ccccc3)ccc2s1. The molecule has 0 aliphatic carbocycles. The molecule has 3 rings (SSSR count). The summed E-state index contributed by atoms with van der Waals surface area (Å²) in [5.74, 6) is -1.40. The Kier molecular flexibility index (Phi) is 4.34. The smallest absolute Gasteiger partial charge is 0.322 e. The van der Waals surface area contributed by atoms with Gasteiger partial charge in [-0.1, -0.05) is 36.4 Å². The molecule has 6 heteroatoms.